The molecule has 128 valence electrons. The number of benzene rings is 1. The molecule has 0 amide bonds. The minimum atomic E-state index is -5.80. The molecule has 1 heterocycles. The van der Waals surface area contributed by atoms with Gasteiger partial charge >= 0.3 is 17.9 Å². The lowest BCUT2D eigenvalue weighted by molar-refractivity contribution is -0.634. The zero-order valence-corrected chi connectivity index (χ0v) is 12.7. The van der Waals surface area contributed by atoms with E-state index in [2.05, 4.69) is 5.32 Å². The molecule has 0 fully saturated rings. The van der Waals surface area contributed by atoms with Crippen molar-refractivity contribution in [3.63, 3.8) is 0 Å². The number of hydrogen-bond acceptors (Lipinski definition) is 2. The molecule has 0 saturated heterocycles. The summed E-state index contributed by atoms with van der Waals surface area (Å²) in [4.78, 5) is 1.44. The van der Waals surface area contributed by atoms with Crippen LogP contribution in [0.1, 0.15) is 12.5 Å². The summed E-state index contributed by atoms with van der Waals surface area (Å²) in [7, 11) is 0. The zero-order chi connectivity index (χ0) is 18.3. The molecule has 0 saturated carbocycles. The molecule has 0 aromatic heterocycles. The normalized spacial score (nSPS) is 17.9. The second kappa shape index (κ2) is 5.70. The highest BCUT2D eigenvalue weighted by Crippen LogP contribution is 2.45. The first kappa shape index (κ1) is 18.1. The number of alkyl halides is 6. The van der Waals surface area contributed by atoms with E-state index in [-0.39, 0.29) is 10.6 Å². The van der Waals surface area contributed by atoms with E-state index < -0.39 is 35.0 Å². The first-order chi connectivity index (χ1) is 10.9. The smallest absolute Gasteiger partial charge is 0.247 e. The summed E-state index contributed by atoms with van der Waals surface area (Å²) in [5.41, 5.74) is -6.58. The Morgan fingerprint density at radius 2 is 1.75 bits per heavy atom. The van der Waals surface area contributed by atoms with E-state index in [1.54, 1.807) is 0 Å². The molecule has 0 spiro atoms. The fourth-order valence-corrected chi connectivity index (χ4v) is 2.54. The highest BCUT2D eigenvalue weighted by Gasteiger charge is 2.78. The maximum atomic E-state index is 13.4. The number of nitrogens with zero attached hydrogens (tertiary/aromatic N) is 1. The standard InChI is InChI=1S/C14H8ClF6N3/c1-7-10(6-22)12(13(16,17)18,14(19,20)21)24-11(23-7)8-3-2-4-9(15)5-8/h2-5H,1H3,(H,23,24)/p+1. The van der Waals surface area contributed by atoms with Gasteiger partial charge in [0, 0.05) is 5.02 Å². The van der Waals surface area contributed by atoms with Gasteiger partial charge in [0.05, 0.1) is 5.56 Å². The van der Waals surface area contributed by atoms with Crippen LogP contribution in [-0.4, -0.2) is 23.7 Å². The van der Waals surface area contributed by atoms with Crippen molar-refractivity contribution < 1.29 is 31.3 Å². The largest absolute Gasteiger partial charge is 0.446 e. The quantitative estimate of drug-likeness (QED) is 0.748. The van der Waals surface area contributed by atoms with Gasteiger partial charge in [0.2, 0.25) is 0 Å². The van der Waals surface area contributed by atoms with Crippen LogP contribution >= 0.6 is 11.6 Å². The summed E-state index contributed by atoms with van der Waals surface area (Å²) in [5.74, 6) is -0.552. The van der Waals surface area contributed by atoms with E-state index in [0.29, 0.717) is 0 Å². The van der Waals surface area contributed by atoms with Gasteiger partial charge in [0.1, 0.15) is 17.3 Å². The second-order valence-corrected chi connectivity index (χ2v) is 5.43. The highest BCUT2D eigenvalue weighted by atomic mass is 35.5. The molecule has 1 aliphatic rings. The Bertz CT molecular complexity index is 756. The molecule has 2 N–H and O–H groups in total. The van der Waals surface area contributed by atoms with Gasteiger partial charge in [0.15, 0.2) is 0 Å². The molecule has 2 rings (SSSR count). The van der Waals surface area contributed by atoms with Crippen LogP contribution in [0.25, 0.3) is 0 Å². The number of allylic oxidation sites excluding steroid dienone is 1. The number of amidine groups is 1. The van der Waals surface area contributed by atoms with E-state index >= 15 is 0 Å². The fourth-order valence-electron chi connectivity index (χ4n) is 2.35. The SMILES string of the molecule is CC1=C(C#N)C(C(F)(F)F)(C(F)(F)F)[NH+]=C(c2cccc(Cl)c2)N1. The van der Waals surface area contributed by atoms with Crippen LogP contribution in [0.5, 0.6) is 0 Å². The maximum Gasteiger partial charge on any atom is 0.446 e. The summed E-state index contributed by atoms with van der Waals surface area (Å²) >= 11 is 5.73. The molecular formula is C14H9ClF6N3+. The van der Waals surface area contributed by atoms with Crippen molar-refractivity contribution in [3.8, 4) is 6.07 Å². The minimum absolute atomic E-state index is 0.0169. The Kier molecular flexibility index (Phi) is 4.31. The third-order valence-corrected chi connectivity index (χ3v) is 3.69. The number of nitrogens with one attached hydrogen (secondary N) is 2. The van der Waals surface area contributed by atoms with Crippen molar-refractivity contribution in [2.45, 2.75) is 24.8 Å². The Hall–Kier alpha value is -2.21. The molecule has 24 heavy (non-hydrogen) atoms. The van der Waals surface area contributed by atoms with Gasteiger partial charge in [-0.1, -0.05) is 17.7 Å². The van der Waals surface area contributed by atoms with E-state index in [1.165, 1.54) is 29.3 Å². The zero-order valence-electron chi connectivity index (χ0n) is 11.9. The van der Waals surface area contributed by atoms with Crippen molar-refractivity contribution in [2.75, 3.05) is 0 Å². The Balaban J connectivity index is 2.81. The average molecular weight is 369 g/mol. The van der Waals surface area contributed by atoms with E-state index in [9.17, 15) is 26.3 Å². The van der Waals surface area contributed by atoms with Crippen molar-refractivity contribution in [1.29, 1.82) is 5.26 Å². The van der Waals surface area contributed by atoms with Crippen LogP contribution < -0.4 is 10.3 Å². The molecule has 0 atom stereocenters. The summed E-state index contributed by atoms with van der Waals surface area (Å²) in [6.45, 7) is 0.968. The van der Waals surface area contributed by atoms with Crippen molar-refractivity contribution in [2.24, 2.45) is 0 Å². The summed E-state index contributed by atoms with van der Waals surface area (Å²) in [6.07, 6.45) is -11.6. The number of rotatable bonds is 1. The Morgan fingerprint density at radius 3 is 2.21 bits per heavy atom. The third kappa shape index (κ3) is 2.71. The molecule has 0 bridgehead atoms. The van der Waals surface area contributed by atoms with Crippen LogP contribution in [0.2, 0.25) is 5.02 Å². The first-order valence-corrected chi connectivity index (χ1v) is 6.75. The molecule has 1 aromatic carbocycles. The summed E-state index contributed by atoms with van der Waals surface area (Å²) in [6, 6.07) is 6.28. The molecule has 10 heteroatoms. The van der Waals surface area contributed by atoms with Crippen LogP contribution in [0.15, 0.2) is 35.5 Å². The van der Waals surface area contributed by atoms with Gasteiger partial charge in [-0.05, 0) is 25.1 Å². The molecule has 0 radical (unpaired) electrons. The van der Waals surface area contributed by atoms with E-state index in [0.717, 1.165) is 13.0 Å². The molecule has 0 unspecified atom stereocenters. The van der Waals surface area contributed by atoms with E-state index in [1.807, 2.05) is 0 Å². The number of nitriles is 1. The summed E-state index contributed by atoms with van der Waals surface area (Å²) < 4.78 is 80.6. The van der Waals surface area contributed by atoms with Gasteiger partial charge in [-0.15, -0.1) is 0 Å². The van der Waals surface area contributed by atoms with Gasteiger partial charge in [-0.3, -0.25) is 0 Å². The Labute approximate surface area is 137 Å². The fraction of sp³-hybridized carbons (Fsp3) is 0.286. The lowest BCUT2D eigenvalue weighted by Gasteiger charge is -2.34. The highest BCUT2D eigenvalue weighted by molar-refractivity contribution is 6.31. The van der Waals surface area contributed by atoms with Crippen LogP contribution in [0, 0.1) is 11.3 Å². The monoisotopic (exact) mass is 368 g/mol. The average Bonchev–Trinajstić information content (AvgIpc) is 2.43. The molecule has 1 aromatic rings. The predicted molar refractivity (Wildman–Crippen MR) is 72.8 cm³/mol. The summed E-state index contributed by atoms with van der Waals surface area (Å²) in [5, 5.41) is 11.4. The second-order valence-electron chi connectivity index (χ2n) is 4.99. The Morgan fingerprint density at radius 1 is 1.17 bits per heavy atom. The van der Waals surface area contributed by atoms with Crippen molar-refractivity contribution in [1.82, 2.24) is 5.32 Å². The van der Waals surface area contributed by atoms with E-state index in [4.69, 9.17) is 16.9 Å². The topological polar surface area (TPSA) is 49.8 Å². The number of halogens is 7. The van der Waals surface area contributed by atoms with Crippen LogP contribution in [0.3, 0.4) is 0 Å². The van der Waals surface area contributed by atoms with Gasteiger partial charge < -0.3 is 0 Å². The van der Waals surface area contributed by atoms with Crippen molar-refractivity contribution in [3.05, 3.63) is 46.1 Å². The third-order valence-electron chi connectivity index (χ3n) is 3.45. The molecular weight excluding hydrogens is 360 g/mol. The minimum Gasteiger partial charge on any atom is -0.247 e. The first-order valence-electron chi connectivity index (χ1n) is 6.37. The molecule has 3 nitrogen and oxygen atoms in total. The number of hydrogen-bond donors (Lipinski definition) is 2. The molecule has 1 aliphatic heterocycles. The lowest BCUT2D eigenvalue weighted by atomic mass is 9.86. The molecule has 0 aliphatic carbocycles. The van der Waals surface area contributed by atoms with Crippen molar-refractivity contribution >= 4 is 17.4 Å². The van der Waals surface area contributed by atoms with Gasteiger partial charge in [-0.2, -0.15) is 31.6 Å². The van der Waals surface area contributed by atoms with Crippen LogP contribution in [0.4, 0.5) is 26.3 Å². The lowest BCUT2D eigenvalue weighted by Crippen LogP contribution is -2.99. The predicted octanol–water partition coefficient (Wildman–Crippen LogP) is 2.43. The van der Waals surface area contributed by atoms with Crippen LogP contribution in [-0.2, 0) is 0 Å². The maximum absolute atomic E-state index is 13.4. The van der Waals surface area contributed by atoms with Gasteiger partial charge in [-0.25, -0.2) is 10.3 Å². The van der Waals surface area contributed by atoms with Gasteiger partial charge in [0.25, 0.3) is 5.84 Å².